The molecule has 0 saturated heterocycles. The summed E-state index contributed by atoms with van der Waals surface area (Å²) in [7, 11) is 0. The van der Waals surface area contributed by atoms with Gasteiger partial charge in [0.2, 0.25) is 5.89 Å². The number of hydrogen-bond donors (Lipinski definition) is 0. The van der Waals surface area contributed by atoms with Crippen LogP contribution in [0, 0.1) is 0 Å². The highest BCUT2D eigenvalue weighted by Gasteiger charge is 2.15. The number of para-hydroxylation sites is 2. The molecule has 3 rings (SSSR count). The average molecular weight is 275 g/mol. The molecule has 0 bridgehead atoms. The summed E-state index contributed by atoms with van der Waals surface area (Å²) in [5.41, 5.74) is 5.11. The minimum absolute atomic E-state index is 0.672. The highest BCUT2D eigenvalue weighted by Crippen LogP contribution is 2.31. The van der Waals surface area contributed by atoms with Gasteiger partial charge < -0.3 is 4.42 Å². The molecule has 2 heteroatoms. The maximum atomic E-state index is 5.95. The molecule has 0 aliphatic heterocycles. The van der Waals surface area contributed by atoms with E-state index >= 15 is 0 Å². The second-order valence-electron chi connectivity index (χ2n) is 4.92. The summed E-state index contributed by atoms with van der Waals surface area (Å²) < 4.78 is 5.95. The van der Waals surface area contributed by atoms with Crippen LogP contribution in [0.3, 0.4) is 0 Å². The number of benzene rings is 2. The molecule has 0 fully saturated rings. The molecule has 0 aliphatic rings. The van der Waals surface area contributed by atoms with E-state index in [1.165, 1.54) is 11.1 Å². The quantitative estimate of drug-likeness (QED) is 0.616. The Morgan fingerprint density at radius 3 is 2.19 bits per heavy atom. The zero-order chi connectivity index (χ0) is 14.7. The van der Waals surface area contributed by atoms with Crippen molar-refractivity contribution in [3.05, 3.63) is 78.9 Å². The molecule has 0 radical (unpaired) electrons. The van der Waals surface area contributed by atoms with Crippen molar-refractivity contribution in [3.8, 4) is 11.5 Å². The second kappa shape index (κ2) is 5.80. The Labute approximate surface area is 124 Å². The topological polar surface area (TPSA) is 26.0 Å². The molecular formula is C19H17NO. The van der Waals surface area contributed by atoms with Crippen molar-refractivity contribution in [1.82, 2.24) is 4.98 Å². The summed E-state index contributed by atoms with van der Waals surface area (Å²) in [6, 6.07) is 14.1. The summed E-state index contributed by atoms with van der Waals surface area (Å²) in [5.74, 6) is 0.672. The Balaban J connectivity index is 2.22. The Kier molecular flexibility index (Phi) is 3.69. The van der Waals surface area contributed by atoms with Gasteiger partial charge in [0.25, 0.3) is 0 Å². The molecule has 0 aliphatic carbocycles. The van der Waals surface area contributed by atoms with Crippen LogP contribution in [-0.4, -0.2) is 4.98 Å². The van der Waals surface area contributed by atoms with Crippen molar-refractivity contribution in [2.45, 2.75) is 12.8 Å². The third kappa shape index (κ3) is 2.52. The first-order valence-electron chi connectivity index (χ1n) is 7.02. The maximum Gasteiger partial charge on any atom is 0.227 e. The molecule has 21 heavy (non-hydrogen) atoms. The third-order valence-electron chi connectivity index (χ3n) is 3.47. The van der Waals surface area contributed by atoms with Gasteiger partial charge in [-0.1, -0.05) is 42.5 Å². The minimum atomic E-state index is 0.672. The Morgan fingerprint density at radius 2 is 1.57 bits per heavy atom. The first-order valence-corrected chi connectivity index (χ1v) is 7.02. The molecule has 2 aromatic carbocycles. The van der Waals surface area contributed by atoms with Crippen LogP contribution in [-0.2, 0) is 12.8 Å². The van der Waals surface area contributed by atoms with Gasteiger partial charge in [-0.15, -0.1) is 13.2 Å². The first kappa shape index (κ1) is 13.4. The Bertz CT molecular complexity index is 737. The van der Waals surface area contributed by atoms with Crippen molar-refractivity contribution >= 4 is 11.1 Å². The lowest BCUT2D eigenvalue weighted by Crippen LogP contribution is -1.95. The molecule has 0 N–H and O–H groups in total. The smallest absolute Gasteiger partial charge is 0.227 e. The van der Waals surface area contributed by atoms with Gasteiger partial charge in [-0.2, -0.15) is 0 Å². The van der Waals surface area contributed by atoms with E-state index in [1.54, 1.807) is 0 Å². The monoisotopic (exact) mass is 275 g/mol. The van der Waals surface area contributed by atoms with Crippen LogP contribution in [0.2, 0.25) is 0 Å². The first-order chi connectivity index (χ1) is 10.3. The van der Waals surface area contributed by atoms with E-state index < -0.39 is 0 Å². The van der Waals surface area contributed by atoms with Gasteiger partial charge in [-0.05, 0) is 36.1 Å². The zero-order valence-corrected chi connectivity index (χ0v) is 11.9. The number of rotatable bonds is 5. The van der Waals surface area contributed by atoms with Crippen molar-refractivity contribution < 1.29 is 4.42 Å². The van der Waals surface area contributed by atoms with Crippen molar-refractivity contribution in [1.29, 1.82) is 0 Å². The van der Waals surface area contributed by atoms with Gasteiger partial charge in [0.1, 0.15) is 5.52 Å². The standard InChI is InChI=1S/C19H17NO/c1-3-8-14-10-7-11-15(9-4-2)18(14)19-20-16-12-5-6-13-17(16)21-19/h3-7,10-13H,1-2,8-9H2. The number of aromatic nitrogens is 1. The van der Waals surface area contributed by atoms with Crippen LogP contribution in [0.15, 0.2) is 72.2 Å². The molecule has 0 spiro atoms. The molecule has 0 atom stereocenters. The van der Waals surface area contributed by atoms with E-state index in [1.807, 2.05) is 36.4 Å². The van der Waals surface area contributed by atoms with Crippen molar-refractivity contribution in [2.24, 2.45) is 0 Å². The molecule has 3 aromatic rings. The van der Waals surface area contributed by atoms with Crippen LogP contribution in [0.4, 0.5) is 0 Å². The summed E-state index contributed by atoms with van der Waals surface area (Å²) in [4.78, 5) is 4.63. The zero-order valence-electron chi connectivity index (χ0n) is 11.9. The fourth-order valence-electron chi connectivity index (χ4n) is 2.56. The lowest BCUT2D eigenvalue weighted by atomic mass is 9.96. The van der Waals surface area contributed by atoms with Gasteiger partial charge >= 0.3 is 0 Å². The predicted molar refractivity (Wildman–Crippen MR) is 87.2 cm³/mol. The molecular weight excluding hydrogens is 258 g/mol. The van der Waals surface area contributed by atoms with E-state index in [2.05, 4.69) is 36.3 Å². The van der Waals surface area contributed by atoms with Crippen molar-refractivity contribution in [2.75, 3.05) is 0 Å². The van der Waals surface area contributed by atoms with Crippen molar-refractivity contribution in [3.63, 3.8) is 0 Å². The molecule has 0 amide bonds. The normalized spacial score (nSPS) is 10.7. The van der Waals surface area contributed by atoms with Crippen LogP contribution < -0.4 is 0 Å². The third-order valence-corrected chi connectivity index (χ3v) is 3.47. The Hall–Kier alpha value is -2.61. The largest absolute Gasteiger partial charge is 0.436 e. The molecule has 104 valence electrons. The number of fused-ring (bicyclic) bond motifs is 1. The van der Waals surface area contributed by atoms with Gasteiger partial charge in [0, 0.05) is 5.56 Å². The highest BCUT2D eigenvalue weighted by atomic mass is 16.3. The molecule has 1 aromatic heterocycles. The fourth-order valence-corrected chi connectivity index (χ4v) is 2.56. The second-order valence-corrected chi connectivity index (χ2v) is 4.92. The minimum Gasteiger partial charge on any atom is -0.436 e. The molecule has 2 nitrogen and oxygen atoms in total. The number of oxazole rings is 1. The van der Waals surface area contributed by atoms with Crippen LogP contribution in [0.5, 0.6) is 0 Å². The van der Waals surface area contributed by atoms with Crippen LogP contribution >= 0.6 is 0 Å². The predicted octanol–water partition coefficient (Wildman–Crippen LogP) is 4.95. The lowest BCUT2D eigenvalue weighted by Gasteiger charge is -2.09. The summed E-state index contributed by atoms with van der Waals surface area (Å²) in [6.45, 7) is 7.68. The summed E-state index contributed by atoms with van der Waals surface area (Å²) >= 11 is 0. The number of allylic oxidation sites excluding steroid dienone is 2. The lowest BCUT2D eigenvalue weighted by molar-refractivity contribution is 0.618. The molecule has 0 unspecified atom stereocenters. The SMILES string of the molecule is C=CCc1cccc(CC=C)c1-c1nc2ccccc2o1. The summed E-state index contributed by atoms with van der Waals surface area (Å²) in [5, 5.41) is 0. The van der Waals surface area contributed by atoms with E-state index in [9.17, 15) is 0 Å². The highest BCUT2D eigenvalue weighted by molar-refractivity contribution is 5.77. The van der Waals surface area contributed by atoms with Crippen LogP contribution in [0.1, 0.15) is 11.1 Å². The Morgan fingerprint density at radius 1 is 0.905 bits per heavy atom. The van der Waals surface area contributed by atoms with Crippen LogP contribution in [0.25, 0.3) is 22.6 Å². The molecule has 1 heterocycles. The molecule has 0 saturated carbocycles. The van der Waals surface area contributed by atoms with Gasteiger partial charge in [-0.3, -0.25) is 0 Å². The van der Waals surface area contributed by atoms with E-state index in [-0.39, 0.29) is 0 Å². The van der Waals surface area contributed by atoms with Gasteiger partial charge in [0.15, 0.2) is 5.58 Å². The van der Waals surface area contributed by atoms with E-state index in [0.717, 1.165) is 29.5 Å². The summed E-state index contributed by atoms with van der Waals surface area (Å²) in [6.07, 6.45) is 5.39. The number of nitrogens with zero attached hydrogens (tertiary/aromatic N) is 1. The maximum absolute atomic E-state index is 5.95. The number of hydrogen-bond acceptors (Lipinski definition) is 2. The van der Waals surface area contributed by atoms with Gasteiger partial charge in [-0.25, -0.2) is 4.98 Å². The van der Waals surface area contributed by atoms with E-state index in [4.69, 9.17) is 4.42 Å². The fraction of sp³-hybridized carbons (Fsp3) is 0.105. The average Bonchev–Trinajstić information content (AvgIpc) is 2.91. The van der Waals surface area contributed by atoms with E-state index in [0.29, 0.717) is 5.89 Å². The van der Waals surface area contributed by atoms with Gasteiger partial charge in [0.05, 0.1) is 0 Å².